The molecule has 1 aromatic rings. The van der Waals surface area contributed by atoms with Crippen LogP contribution in [0.1, 0.15) is 25.7 Å². The number of carbonyl (C=O) groups excluding carboxylic acids is 2. The molecule has 2 fully saturated rings. The van der Waals surface area contributed by atoms with Crippen molar-refractivity contribution in [3.8, 4) is 5.88 Å². The zero-order chi connectivity index (χ0) is 17.8. The number of carbonyl (C=O) groups is 2. The molecule has 25 heavy (non-hydrogen) atoms. The summed E-state index contributed by atoms with van der Waals surface area (Å²) in [6.07, 6.45) is 4.64. The molecule has 8 nitrogen and oxygen atoms in total. The van der Waals surface area contributed by atoms with Crippen LogP contribution in [0.5, 0.6) is 5.88 Å². The lowest BCUT2D eigenvalue weighted by Crippen LogP contribution is -2.51. The Kier molecular flexibility index (Phi) is 5.35. The van der Waals surface area contributed by atoms with Gasteiger partial charge in [-0.05, 0) is 25.7 Å². The van der Waals surface area contributed by atoms with Gasteiger partial charge in [0.1, 0.15) is 0 Å². The summed E-state index contributed by atoms with van der Waals surface area (Å²) >= 11 is 0. The summed E-state index contributed by atoms with van der Waals surface area (Å²) in [5.74, 6) is 1.09. The number of hydrogen-bond acceptors (Lipinski definition) is 6. The van der Waals surface area contributed by atoms with Crippen LogP contribution < -0.4 is 15.4 Å². The maximum atomic E-state index is 12.7. The molecular formula is C17H25N5O3. The van der Waals surface area contributed by atoms with Gasteiger partial charge in [0.25, 0.3) is 0 Å². The number of ether oxygens (including phenoxy) is 1. The van der Waals surface area contributed by atoms with Gasteiger partial charge in [0, 0.05) is 50.3 Å². The largest absolute Gasteiger partial charge is 0.481 e. The number of piperazine rings is 1. The van der Waals surface area contributed by atoms with E-state index in [1.165, 1.54) is 0 Å². The number of nitrogens with two attached hydrogens (primary N) is 1. The van der Waals surface area contributed by atoms with Gasteiger partial charge < -0.3 is 20.3 Å². The molecule has 1 aliphatic carbocycles. The van der Waals surface area contributed by atoms with Gasteiger partial charge in [-0.1, -0.05) is 0 Å². The zero-order valence-electron chi connectivity index (χ0n) is 14.6. The Hall–Kier alpha value is -2.38. The van der Waals surface area contributed by atoms with E-state index in [1.807, 2.05) is 4.90 Å². The van der Waals surface area contributed by atoms with Crippen LogP contribution in [0.15, 0.2) is 12.3 Å². The van der Waals surface area contributed by atoms with Gasteiger partial charge >= 0.3 is 0 Å². The molecule has 1 saturated carbocycles. The molecule has 0 atom stereocenters. The molecule has 8 heteroatoms. The highest BCUT2D eigenvalue weighted by atomic mass is 16.5. The van der Waals surface area contributed by atoms with E-state index in [9.17, 15) is 9.59 Å². The monoisotopic (exact) mass is 347 g/mol. The zero-order valence-corrected chi connectivity index (χ0v) is 14.6. The highest BCUT2D eigenvalue weighted by molar-refractivity contribution is 5.80. The second-order valence-corrected chi connectivity index (χ2v) is 6.66. The molecule has 2 amide bonds. The number of rotatable bonds is 4. The Bertz CT molecular complexity index is 622. The van der Waals surface area contributed by atoms with Gasteiger partial charge in [-0.2, -0.15) is 4.98 Å². The fourth-order valence-corrected chi connectivity index (χ4v) is 3.61. The molecular weight excluding hydrogens is 322 g/mol. The maximum Gasteiger partial charge on any atom is 0.228 e. The first-order chi connectivity index (χ1) is 12.1. The number of aromatic nitrogens is 2. The van der Waals surface area contributed by atoms with E-state index in [1.54, 1.807) is 19.4 Å². The van der Waals surface area contributed by atoms with Crippen LogP contribution >= 0.6 is 0 Å². The molecule has 136 valence electrons. The van der Waals surface area contributed by atoms with Gasteiger partial charge in [-0.25, -0.2) is 4.98 Å². The van der Waals surface area contributed by atoms with E-state index in [0.29, 0.717) is 38.0 Å². The second-order valence-electron chi connectivity index (χ2n) is 6.66. The summed E-state index contributed by atoms with van der Waals surface area (Å²) in [4.78, 5) is 36.6. The van der Waals surface area contributed by atoms with Crippen molar-refractivity contribution in [2.75, 3.05) is 38.2 Å². The molecule has 0 spiro atoms. The quantitative estimate of drug-likeness (QED) is 0.847. The van der Waals surface area contributed by atoms with Crippen LogP contribution in [0.25, 0.3) is 0 Å². The van der Waals surface area contributed by atoms with Crippen LogP contribution in [0, 0.1) is 11.8 Å². The Morgan fingerprint density at radius 3 is 2.36 bits per heavy atom. The molecule has 0 aromatic carbocycles. The number of amides is 2. The summed E-state index contributed by atoms with van der Waals surface area (Å²) in [5, 5.41) is 0. The lowest BCUT2D eigenvalue weighted by atomic mass is 9.81. The Morgan fingerprint density at radius 2 is 1.76 bits per heavy atom. The average Bonchev–Trinajstić information content (AvgIpc) is 2.67. The molecule has 2 N–H and O–H groups in total. The van der Waals surface area contributed by atoms with Gasteiger partial charge in [0.05, 0.1) is 7.11 Å². The Labute approximate surface area is 147 Å². The van der Waals surface area contributed by atoms with E-state index in [2.05, 4.69) is 14.9 Å². The molecule has 1 aliphatic heterocycles. The van der Waals surface area contributed by atoms with Gasteiger partial charge in [0.2, 0.25) is 23.6 Å². The normalized spacial score (nSPS) is 24.0. The fraction of sp³-hybridized carbons (Fsp3) is 0.647. The summed E-state index contributed by atoms with van der Waals surface area (Å²) < 4.78 is 5.13. The minimum atomic E-state index is -0.238. The third-order valence-corrected chi connectivity index (χ3v) is 5.18. The summed E-state index contributed by atoms with van der Waals surface area (Å²) in [7, 11) is 1.58. The minimum Gasteiger partial charge on any atom is -0.481 e. The summed E-state index contributed by atoms with van der Waals surface area (Å²) in [5.41, 5.74) is 5.36. The predicted molar refractivity (Wildman–Crippen MR) is 92.0 cm³/mol. The number of anilines is 1. The molecule has 1 saturated heterocycles. The number of primary amides is 1. The van der Waals surface area contributed by atoms with Gasteiger partial charge in [-0.15, -0.1) is 0 Å². The van der Waals surface area contributed by atoms with E-state index in [4.69, 9.17) is 10.5 Å². The Morgan fingerprint density at radius 1 is 1.12 bits per heavy atom. The highest BCUT2D eigenvalue weighted by Gasteiger charge is 2.32. The summed E-state index contributed by atoms with van der Waals surface area (Å²) in [6, 6.07) is 1.71. The standard InChI is InChI=1S/C17H25N5O3/c1-25-14-6-7-19-17(20-14)22-10-8-21(9-11-22)16(24)13-4-2-12(3-5-13)15(18)23/h6-7,12-13H,2-5,8-11H2,1H3,(H2,18,23). The van der Waals surface area contributed by atoms with Gasteiger partial charge in [-0.3, -0.25) is 9.59 Å². The van der Waals surface area contributed by atoms with Crippen LogP contribution in [-0.4, -0.2) is 60.0 Å². The van der Waals surface area contributed by atoms with Crippen molar-refractivity contribution in [1.82, 2.24) is 14.9 Å². The first-order valence-corrected chi connectivity index (χ1v) is 8.78. The predicted octanol–water partition coefficient (Wildman–Crippen LogP) is 0.426. The van der Waals surface area contributed by atoms with E-state index in [-0.39, 0.29) is 23.7 Å². The molecule has 0 bridgehead atoms. The Balaban J connectivity index is 1.52. The van der Waals surface area contributed by atoms with Crippen molar-refractivity contribution in [2.45, 2.75) is 25.7 Å². The lowest BCUT2D eigenvalue weighted by molar-refractivity contribution is -0.138. The average molecular weight is 347 g/mol. The number of methoxy groups -OCH3 is 1. The maximum absolute atomic E-state index is 12.7. The van der Waals surface area contributed by atoms with Crippen molar-refractivity contribution in [3.63, 3.8) is 0 Å². The molecule has 3 rings (SSSR count). The van der Waals surface area contributed by atoms with Crippen LogP contribution in [-0.2, 0) is 9.59 Å². The van der Waals surface area contributed by atoms with Crippen LogP contribution in [0.2, 0.25) is 0 Å². The SMILES string of the molecule is COc1ccnc(N2CCN(C(=O)C3CCC(C(N)=O)CC3)CC2)n1. The fourth-order valence-electron chi connectivity index (χ4n) is 3.61. The molecule has 1 aromatic heterocycles. The second kappa shape index (κ2) is 7.67. The summed E-state index contributed by atoms with van der Waals surface area (Å²) in [6.45, 7) is 2.73. The van der Waals surface area contributed by atoms with Crippen molar-refractivity contribution in [3.05, 3.63) is 12.3 Å². The van der Waals surface area contributed by atoms with Crippen molar-refractivity contribution in [1.29, 1.82) is 0 Å². The van der Waals surface area contributed by atoms with E-state index >= 15 is 0 Å². The van der Waals surface area contributed by atoms with Crippen molar-refractivity contribution >= 4 is 17.8 Å². The molecule has 0 radical (unpaired) electrons. The van der Waals surface area contributed by atoms with Crippen LogP contribution in [0.4, 0.5) is 5.95 Å². The molecule has 0 unspecified atom stereocenters. The van der Waals surface area contributed by atoms with Crippen molar-refractivity contribution < 1.29 is 14.3 Å². The van der Waals surface area contributed by atoms with Crippen LogP contribution in [0.3, 0.4) is 0 Å². The first-order valence-electron chi connectivity index (χ1n) is 8.78. The first kappa shape index (κ1) is 17.4. The highest BCUT2D eigenvalue weighted by Crippen LogP contribution is 2.30. The third-order valence-electron chi connectivity index (χ3n) is 5.18. The number of hydrogen-bond donors (Lipinski definition) is 1. The van der Waals surface area contributed by atoms with Crippen molar-refractivity contribution in [2.24, 2.45) is 17.6 Å². The van der Waals surface area contributed by atoms with E-state index < -0.39 is 0 Å². The minimum absolute atomic E-state index is 0.0234. The van der Waals surface area contributed by atoms with Gasteiger partial charge in [0.15, 0.2) is 0 Å². The third kappa shape index (κ3) is 4.00. The lowest BCUT2D eigenvalue weighted by Gasteiger charge is -2.37. The molecule has 2 heterocycles. The number of nitrogens with zero attached hydrogens (tertiary/aromatic N) is 4. The van der Waals surface area contributed by atoms with E-state index in [0.717, 1.165) is 25.7 Å². The smallest absolute Gasteiger partial charge is 0.228 e. The topological polar surface area (TPSA) is 102 Å². The molecule has 2 aliphatic rings.